The highest BCUT2D eigenvalue weighted by atomic mass is 16.3. The zero-order valence-electron chi connectivity index (χ0n) is 4.54. The molecule has 0 amide bonds. The van der Waals surface area contributed by atoms with Crippen molar-refractivity contribution in [2.75, 3.05) is 0 Å². The number of aliphatic hydroxyl groups excluding tert-OH is 2. The quantitative estimate of drug-likeness (QED) is 0.433. The summed E-state index contributed by atoms with van der Waals surface area (Å²) in [6.07, 6.45) is -0.419. The van der Waals surface area contributed by atoms with E-state index in [-0.39, 0.29) is 6.04 Å². The average molecular weight is 116 g/mol. The van der Waals surface area contributed by atoms with E-state index in [0.29, 0.717) is 12.8 Å². The summed E-state index contributed by atoms with van der Waals surface area (Å²) in [4.78, 5) is 0. The van der Waals surface area contributed by atoms with Gasteiger partial charge in [0.15, 0.2) is 0 Å². The van der Waals surface area contributed by atoms with Crippen molar-refractivity contribution in [3.05, 3.63) is 0 Å². The van der Waals surface area contributed by atoms with Crippen molar-refractivity contribution < 1.29 is 10.2 Å². The minimum absolute atomic E-state index is 0.250. The highest BCUT2D eigenvalue weighted by Crippen LogP contribution is 2.18. The molecule has 1 rings (SSSR count). The summed E-state index contributed by atoms with van der Waals surface area (Å²) in [6, 6.07) is -0.250. The van der Waals surface area contributed by atoms with Crippen molar-refractivity contribution >= 4 is 0 Å². The summed E-state index contributed by atoms with van der Waals surface area (Å²) < 4.78 is 0. The third kappa shape index (κ3) is 0.992. The van der Waals surface area contributed by atoms with Crippen LogP contribution in [0.4, 0.5) is 0 Å². The van der Waals surface area contributed by atoms with Gasteiger partial charge in [-0.05, 0) is 12.8 Å². The molecule has 1 aliphatic rings. The Morgan fingerprint density at radius 1 is 1.12 bits per heavy atom. The summed E-state index contributed by atoms with van der Waals surface area (Å²) in [5.74, 6) is 0. The molecule has 1 radical (unpaired) electrons. The molecule has 1 aliphatic carbocycles. The Morgan fingerprint density at radius 3 is 1.62 bits per heavy atom. The topological polar surface area (TPSA) is 64.3 Å². The van der Waals surface area contributed by atoms with Gasteiger partial charge in [-0.25, -0.2) is 0 Å². The van der Waals surface area contributed by atoms with Gasteiger partial charge in [-0.3, -0.25) is 5.73 Å². The summed E-state index contributed by atoms with van der Waals surface area (Å²) in [7, 11) is 0. The molecule has 47 valence electrons. The van der Waals surface area contributed by atoms with Crippen molar-refractivity contribution in [2.45, 2.75) is 31.1 Å². The Morgan fingerprint density at radius 2 is 1.50 bits per heavy atom. The molecule has 1 saturated carbocycles. The van der Waals surface area contributed by atoms with Crippen molar-refractivity contribution in [1.29, 1.82) is 0 Å². The molecule has 0 spiro atoms. The normalized spacial score (nSPS) is 47.6. The predicted molar refractivity (Wildman–Crippen MR) is 28.1 cm³/mol. The molecule has 1 fully saturated rings. The van der Waals surface area contributed by atoms with E-state index in [1.165, 1.54) is 0 Å². The Kier molecular flexibility index (Phi) is 1.51. The van der Waals surface area contributed by atoms with Crippen molar-refractivity contribution in [3.63, 3.8) is 0 Å². The largest absolute Gasteiger partial charge is 0.390 e. The Hall–Kier alpha value is -0.120. The highest BCUT2D eigenvalue weighted by molar-refractivity contribution is 4.84. The molecular weight excluding hydrogens is 106 g/mol. The standard InChI is InChI=1S/C5H10NO2/c6-3-1-4(7)5(8)2-3/h3-8H,1-2H2. The Balaban J connectivity index is 2.39. The SMILES string of the molecule is [NH]C1CC(O)C(O)C1. The fourth-order valence-electron chi connectivity index (χ4n) is 0.993. The zero-order chi connectivity index (χ0) is 6.15. The average Bonchev–Trinajstić information content (AvgIpc) is 1.85. The Labute approximate surface area is 48.1 Å². The van der Waals surface area contributed by atoms with Gasteiger partial charge in [0.1, 0.15) is 0 Å². The third-order valence-corrected chi connectivity index (χ3v) is 1.50. The first-order valence-electron chi connectivity index (χ1n) is 2.77. The van der Waals surface area contributed by atoms with E-state index in [4.69, 9.17) is 15.9 Å². The van der Waals surface area contributed by atoms with E-state index in [9.17, 15) is 0 Å². The molecule has 0 aromatic rings. The van der Waals surface area contributed by atoms with Gasteiger partial charge in [-0.15, -0.1) is 0 Å². The molecule has 3 nitrogen and oxygen atoms in total. The monoisotopic (exact) mass is 116 g/mol. The van der Waals surface area contributed by atoms with Crippen molar-refractivity contribution in [2.24, 2.45) is 0 Å². The minimum atomic E-state index is -0.641. The van der Waals surface area contributed by atoms with Crippen molar-refractivity contribution in [1.82, 2.24) is 5.73 Å². The number of aliphatic hydroxyl groups is 2. The molecule has 0 heterocycles. The van der Waals surface area contributed by atoms with Gasteiger partial charge in [-0.2, -0.15) is 0 Å². The molecular formula is C5H10NO2. The van der Waals surface area contributed by atoms with Gasteiger partial charge in [-0.1, -0.05) is 0 Å². The minimum Gasteiger partial charge on any atom is -0.390 e. The highest BCUT2D eigenvalue weighted by Gasteiger charge is 2.28. The lowest BCUT2D eigenvalue weighted by atomic mass is 10.3. The maximum Gasteiger partial charge on any atom is 0.0815 e. The molecule has 0 aliphatic heterocycles. The van der Waals surface area contributed by atoms with Crippen LogP contribution in [0.15, 0.2) is 0 Å². The molecule has 0 aromatic heterocycles. The van der Waals surface area contributed by atoms with Crippen LogP contribution in [0.3, 0.4) is 0 Å². The van der Waals surface area contributed by atoms with Crippen LogP contribution in [0.5, 0.6) is 0 Å². The molecule has 2 unspecified atom stereocenters. The van der Waals surface area contributed by atoms with Crippen LogP contribution < -0.4 is 5.73 Å². The van der Waals surface area contributed by atoms with Crippen molar-refractivity contribution in [3.8, 4) is 0 Å². The maximum atomic E-state index is 8.80. The van der Waals surface area contributed by atoms with E-state index in [0.717, 1.165) is 0 Å². The predicted octanol–water partition coefficient (Wildman–Crippen LogP) is -0.847. The Bertz CT molecular complexity index is 76.5. The van der Waals surface area contributed by atoms with E-state index in [1.807, 2.05) is 0 Å². The third-order valence-electron chi connectivity index (χ3n) is 1.50. The zero-order valence-corrected chi connectivity index (χ0v) is 4.54. The molecule has 3 heteroatoms. The molecule has 0 aromatic carbocycles. The first-order chi connectivity index (χ1) is 3.70. The first kappa shape index (κ1) is 6.01. The molecule has 0 bridgehead atoms. The van der Waals surface area contributed by atoms with Crippen LogP contribution in [0, 0.1) is 0 Å². The van der Waals surface area contributed by atoms with E-state index in [1.54, 1.807) is 0 Å². The molecule has 0 saturated heterocycles. The van der Waals surface area contributed by atoms with Gasteiger partial charge in [0.2, 0.25) is 0 Å². The van der Waals surface area contributed by atoms with Crippen LogP contribution in [0.25, 0.3) is 0 Å². The number of nitrogens with one attached hydrogen (secondary N) is 1. The van der Waals surface area contributed by atoms with Crippen LogP contribution in [-0.4, -0.2) is 28.5 Å². The summed E-state index contributed by atoms with van der Waals surface area (Å²) in [5, 5.41) is 17.6. The molecule has 2 atom stereocenters. The van der Waals surface area contributed by atoms with Crippen LogP contribution in [0.2, 0.25) is 0 Å². The lowest BCUT2D eigenvalue weighted by Crippen LogP contribution is -2.17. The number of hydrogen-bond donors (Lipinski definition) is 2. The van der Waals surface area contributed by atoms with Gasteiger partial charge in [0.25, 0.3) is 0 Å². The van der Waals surface area contributed by atoms with Gasteiger partial charge < -0.3 is 10.2 Å². The summed E-state index contributed by atoms with van der Waals surface area (Å²) in [6.45, 7) is 0. The van der Waals surface area contributed by atoms with Crippen LogP contribution >= 0.6 is 0 Å². The number of rotatable bonds is 0. The second-order valence-corrected chi connectivity index (χ2v) is 2.30. The fraction of sp³-hybridized carbons (Fsp3) is 1.00. The van der Waals surface area contributed by atoms with Crippen LogP contribution in [0.1, 0.15) is 12.8 Å². The van der Waals surface area contributed by atoms with E-state index < -0.39 is 12.2 Å². The lowest BCUT2D eigenvalue weighted by Gasteiger charge is -2.02. The summed E-state index contributed by atoms with van der Waals surface area (Å²) in [5.41, 5.74) is 7.07. The number of hydrogen-bond acceptors (Lipinski definition) is 2. The van der Waals surface area contributed by atoms with Crippen LogP contribution in [-0.2, 0) is 0 Å². The first-order valence-corrected chi connectivity index (χ1v) is 2.77. The van der Waals surface area contributed by atoms with Gasteiger partial charge in [0.05, 0.1) is 12.2 Å². The second kappa shape index (κ2) is 2.01. The summed E-state index contributed by atoms with van der Waals surface area (Å²) >= 11 is 0. The van der Waals surface area contributed by atoms with E-state index in [2.05, 4.69) is 0 Å². The fourth-order valence-corrected chi connectivity index (χ4v) is 0.993. The smallest absolute Gasteiger partial charge is 0.0815 e. The maximum absolute atomic E-state index is 8.80. The molecule has 8 heavy (non-hydrogen) atoms. The van der Waals surface area contributed by atoms with Gasteiger partial charge in [0, 0.05) is 6.04 Å². The lowest BCUT2D eigenvalue weighted by molar-refractivity contribution is 0.0438. The molecule has 3 N–H and O–H groups in total. The van der Waals surface area contributed by atoms with E-state index >= 15 is 0 Å². The van der Waals surface area contributed by atoms with Gasteiger partial charge >= 0.3 is 0 Å². The second-order valence-electron chi connectivity index (χ2n) is 2.30.